The van der Waals surface area contributed by atoms with E-state index in [2.05, 4.69) is 30.1 Å². The predicted octanol–water partition coefficient (Wildman–Crippen LogP) is 1.91. The van der Waals surface area contributed by atoms with E-state index in [4.69, 9.17) is 0 Å². The molecule has 8 nitrogen and oxygen atoms in total. The smallest absolute Gasteiger partial charge is 0.257 e. The van der Waals surface area contributed by atoms with Crippen molar-refractivity contribution in [3.05, 3.63) is 35.8 Å². The number of hydrogen-bond acceptors (Lipinski definition) is 5. The van der Waals surface area contributed by atoms with Crippen molar-refractivity contribution in [2.75, 3.05) is 14.1 Å². The molecule has 0 bridgehead atoms. The van der Waals surface area contributed by atoms with Gasteiger partial charge in [0.25, 0.3) is 5.91 Å². The number of rotatable bonds is 2. The number of carbonyl (C=O) groups is 1. The van der Waals surface area contributed by atoms with E-state index in [9.17, 15) is 4.79 Å². The Kier molecular flexibility index (Phi) is 3.05. The number of amides is 1. The molecule has 0 fully saturated rings. The lowest BCUT2D eigenvalue weighted by atomic mass is 10.2. The predicted molar refractivity (Wildman–Crippen MR) is 89.5 cm³/mol. The van der Waals surface area contributed by atoms with Crippen molar-refractivity contribution in [1.82, 2.24) is 35.0 Å². The van der Waals surface area contributed by atoms with Crippen LogP contribution in [0.15, 0.2) is 24.7 Å². The number of aryl methyl sites for hydroxylation is 1. The molecule has 0 aliphatic heterocycles. The van der Waals surface area contributed by atoms with E-state index >= 15 is 0 Å². The summed E-state index contributed by atoms with van der Waals surface area (Å²) in [4.78, 5) is 30.0. The van der Waals surface area contributed by atoms with Gasteiger partial charge in [-0.15, -0.1) is 0 Å². The second kappa shape index (κ2) is 5.12. The number of aromatic amines is 2. The zero-order valence-corrected chi connectivity index (χ0v) is 13.5. The number of aromatic nitrogens is 6. The molecule has 4 rings (SSSR count). The molecule has 0 aliphatic carbocycles. The van der Waals surface area contributed by atoms with Crippen LogP contribution in [-0.4, -0.2) is 55.0 Å². The molecular weight excluding hydrogens is 306 g/mol. The van der Waals surface area contributed by atoms with E-state index in [-0.39, 0.29) is 5.91 Å². The van der Waals surface area contributed by atoms with Crippen LogP contribution in [0.2, 0.25) is 0 Å². The molecule has 0 radical (unpaired) electrons. The molecule has 0 saturated carbocycles. The zero-order chi connectivity index (χ0) is 16.8. The van der Waals surface area contributed by atoms with Crippen LogP contribution in [0.25, 0.3) is 33.6 Å². The number of H-pyrrole nitrogens is 2. The average Bonchev–Trinajstić information content (AvgIpc) is 3.16. The monoisotopic (exact) mass is 321 g/mol. The van der Waals surface area contributed by atoms with Gasteiger partial charge in [0.05, 0.1) is 22.7 Å². The highest BCUT2D eigenvalue weighted by molar-refractivity contribution is 6.05. The van der Waals surface area contributed by atoms with E-state index in [1.807, 2.05) is 13.0 Å². The number of nitrogens with zero attached hydrogens (tertiary/aromatic N) is 5. The lowest BCUT2D eigenvalue weighted by molar-refractivity contribution is 0.0829. The van der Waals surface area contributed by atoms with E-state index in [1.54, 1.807) is 26.5 Å². The fraction of sp³-hybridized carbons (Fsp3) is 0.188. The lowest BCUT2D eigenvalue weighted by Crippen LogP contribution is -2.22. The molecule has 1 amide bonds. The van der Waals surface area contributed by atoms with E-state index in [0.29, 0.717) is 28.1 Å². The Morgan fingerprint density at radius 3 is 2.83 bits per heavy atom. The summed E-state index contributed by atoms with van der Waals surface area (Å²) in [6, 6.07) is 2.00. The van der Waals surface area contributed by atoms with Gasteiger partial charge in [-0.3, -0.25) is 14.9 Å². The quantitative estimate of drug-likeness (QED) is 0.587. The molecule has 2 N–H and O–H groups in total. The first-order chi connectivity index (χ1) is 11.5. The molecule has 4 aromatic heterocycles. The van der Waals surface area contributed by atoms with Crippen LogP contribution in [0, 0.1) is 6.92 Å². The Labute approximate surface area is 136 Å². The van der Waals surface area contributed by atoms with Gasteiger partial charge >= 0.3 is 0 Å². The van der Waals surface area contributed by atoms with Crippen LogP contribution in [0.5, 0.6) is 0 Å². The van der Waals surface area contributed by atoms with E-state index in [1.165, 1.54) is 11.1 Å². The van der Waals surface area contributed by atoms with E-state index in [0.717, 1.165) is 16.6 Å². The molecule has 0 atom stereocenters. The summed E-state index contributed by atoms with van der Waals surface area (Å²) in [5, 5.41) is 8.05. The van der Waals surface area contributed by atoms with Crippen molar-refractivity contribution in [2.24, 2.45) is 0 Å². The van der Waals surface area contributed by atoms with Gasteiger partial charge in [0.2, 0.25) is 0 Å². The average molecular weight is 321 g/mol. The van der Waals surface area contributed by atoms with Crippen molar-refractivity contribution in [2.45, 2.75) is 6.92 Å². The molecule has 4 aromatic rings. The third-order valence-electron chi connectivity index (χ3n) is 3.81. The molecular formula is C16H15N7O. The van der Waals surface area contributed by atoms with Crippen molar-refractivity contribution < 1.29 is 4.79 Å². The fourth-order valence-corrected chi connectivity index (χ4v) is 2.63. The highest BCUT2D eigenvalue weighted by atomic mass is 16.2. The third-order valence-corrected chi connectivity index (χ3v) is 3.81. The molecule has 0 saturated heterocycles. The topological polar surface area (TPSA) is 103 Å². The molecule has 120 valence electrons. The van der Waals surface area contributed by atoms with Gasteiger partial charge < -0.3 is 9.88 Å². The Balaban J connectivity index is 1.93. The molecule has 0 spiro atoms. The molecule has 8 heteroatoms. The summed E-state index contributed by atoms with van der Waals surface area (Å²) in [5.74, 6) is 0.457. The molecule has 0 unspecified atom stereocenters. The number of nitrogens with one attached hydrogen (secondary N) is 2. The Morgan fingerprint density at radius 1 is 1.21 bits per heavy atom. The van der Waals surface area contributed by atoms with Gasteiger partial charge in [-0.25, -0.2) is 9.97 Å². The van der Waals surface area contributed by atoms with Gasteiger partial charge in [0.1, 0.15) is 11.2 Å². The zero-order valence-electron chi connectivity index (χ0n) is 13.5. The standard InChI is InChI=1S/C16H15N7O/c1-8-4-9-13(21-22-14(9)18-5-8)15-19-11-7-17-6-10(12(11)20-15)16(24)23(2)3/h4-7H,1-3H3,(H,19,20)(H,18,21,22). The van der Waals surface area contributed by atoms with Crippen LogP contribution < -0.4 is 0 Å². The number of carbonyl (C=O) groups excluding carboxylic acids is 1. The molecule has 0 aromatic carbocycles. The summed E-state index contributed by atoms with van der Waals surface area (Å²) in [6.45, 7) is 1.97. The third kappa shape index (κ3) is 2.11. The van der Waals surface area contributed by atoms with Crippen molar-refractivity contribution in [3.8, 4) is 11.5 Å². The Morgan fingerprint density at radius 2 is 2.04 bits per heavy atom. The SMILES string of the molecule is Cc1cnc2n[nH]c(-c3nc4c(C(=O)N(C)C)cncc4[nH]3)c2c1. The highest BCUT2D eigenvalue weighted by Crippen LogP contribution is 2.26. The van der Waals surface area contributed by atoms with Crippen molar-refractivity contribution in [1.29, 1.82) is 0 Å². The maximum Gasteiger partial charge on any atom is 0.257 e. The highest BCUT2D eigenvalue weighted by Gasteiger charge is 2.18. The number of hydrogen-bond donors (Lipinski definition) is 2. The second-order valence-corrected chi connectivity index (χ2v) is 5.85. The van der Waals surface area contributed by atoms with Gasteiger partial charge in [0, 0.05) is 26.5 Å². The summed E-state index contributed by atoms with van der Waals surface area (Å²) in [7, 11) is 3.40. The number of imidazole rings is 1. The van der Waals surface area contributed by atoms with Gasteiger partial charge in [-0.1, -0.05) is 0 Å². The fourth-order valence-electron chi connectivity index (χ4n) is 2.63. The first kappa shape index (κ1) is 14.3. The summed E-state index contributed by atoms with van der Waals surface area (Å²) < 4.78 is 0. The van der Waals surface area contributed by atoms with Crippen LogP contribution in [-0.2, 0) is 0 Å². The number of fused-ring (bicyclic) bond motifs is 2. The Hall–Kier alpha value is -3.29. The van der Waals surface area contributed by atoms with Crippen LogP contribution in [0.3, 0.4) is 0 Å². The van der Waals surface area contributed by atoms with Crippen molar-refractivity contribution in [3.63, 3.8) is 0 Å². The normalized spacial score (nSPS) is 11.3. The van der Waals surface area contributed by atoms with Gasteiger partial charge in [-0.2, -0.15) is 5.10 Å². The van der Waals surface area contributed by atoms with Gasteiger partial charge in [0.15, 0.2) is 11.5 Å². The minimum Gasteiger partial charge on any atom is -0.345 e. The van der Waals surface area contributed by atoms with Crippen LogP contribution >= 0.6 is 0 Å². The lowest BCUT2D eigenvalue weighted by Gasteiger charge is -2.09. The summed E-state index contributed by atoms with van der Waals surface area (Å²) in [5.41, 5.74) is 4.13. The van der Waals surface area contributed by atoms with E-state index < -0.39 is 0 Å². The minimum absolute atomic E-state index is 0.141. The molecule has 4 heterocycles. The molecule has 24 heavy (non-hydrogen) atoms. The molecule has 0 aliphatic rings. The minimum atomic E-state index is -0.141. The maximum atomic E-state index is 12.3. The first-order valence-electron chi connectivity index (χ1n) is 7.41. The summed E-state index contributed by atoms with van der Waals surface area (Å²) >= 11 is 0. The largest absolute Gasteiger partial charge is 0.345 e. The maximum absolute atomic E-state index is 12.3. The first-order valence-corrected chi connectivity index (χ1v) is 7.41. The van der Waals surface area contributed by atoms with Crippen molar-refractivity contribution >= 4 is 28.0 Å². The second-order valence-electron chi connectivity index (χ2n) is 5.85. The Bertz CT molecular complexity index is 1080. The number of pyridine rings is 2. The van der Waals surface area contributed by atoms with Gasteiger partial charge in [-0.05, 0) is 18.6 Å². The van der Waals surface area contributed by atoms with Crippen LogP contribution in [0.4, 0.5) is 0 Å². The van der Waals surface area contributed by atoms with Crippen LogP contribution in [0.1, 0.15) is 15.9 Å². The summed E-state index contributed by atoms with van der Waals surface area (Å²) in [6.07, 6.45) is 4.95.